The summed E-state index contributed by atoms with van der Waals surface area (Å²) < 4.78 is 30.7. The van der Waals surface area contributed by atoms with Crippen LogP contribution in [0.25, 0.3) is 0 Å². The van der Waals surface area contributed by atoms with Crippen molar-refractivity contribution in [1.29, 1.82) is 0 Å². The normalized spacial score (nSPS) is 24.8. The largest absolute Gasteiger partial charge is 0.442 e. The van der Waals surface area contributed by atoms with Crippen LogP contribution in [0.1, 0.15) is 12.5 Å². The van der Waals surface area contributed by atoms with Crippen LogP contribution in [-0.4, -0.2) is 61.2 Å². The van der Waals surface area contributed by atoms with Gasteiger partial charge in [-0.15, -0.1) is 0 Å². The molecule has 1 amide bonds. The maximum absolute atomic E-state index is 12.0. The van der Waals surface area contributed by atoms with Gasteiger partial charge >= 0.3 is 6.09 Å². The lowest BCUT2D eigenvalue weighted by molar-refractivity contribution is 0.129. The minimum Gasteiger partial charge on any atom is -0.442 e. The molecule has 0 aliphatic carbocycles. The Kier molecular flexibility index (Phi) is 4.53. The molecule has 0 N–H and O–H groups in total. The zero-order valence-corrected chi connectivity index (χ0v) is 14.4. The van der Waals surface area contributed by atoms with Crippen LogP contribution in [0.4, 0.5) is 4.79 Å². The Morgan fingerprint density at radius 2 is 2.13 bits per heavy atom. The number of nitrogens with zero attached hydrogens (tertiary/aromatic N) is 2. The third-order valence-corrected chi connectivity index (χ3v) is 6.43. The second-order valence-corrected chi connectivity index (χ2v) is 8.47. The van der Waals surface area contributed by atoms with Crippen LogP contribution in [0, 0.1) is 0 Å². The second-order valence-electron chi connectivity index (χ2n) is 5.78. The lowest BCUT2D eigenvalue weighted by Crippen LogP contribution is -2.40. The fourth-order valence-corrected chi connectivity index (χ4v) is 4.41. The van der Waals surface area contributed by atoms with Crippen LogP contribution in [0.3, 0.4) is 0 Å². The number of benzene rings is 1. The van der Waals surface area contributed by atoms with E-state index in [-0.39, 0.29) is 30.5 Å². The number of carbonyl (C=O) groups excluding carboxylic acids is 1. The number of sulfonamides is 1. The summed E-state index contributed by atoms with van der Waals surface area (Å²) in [7, 11) is -3.26. The molecular weight excluding hydrogens is 340 g/mol. The van der Waals surface area contributed by atoms with Gasteiger partial charge in [-0.3, -0.25) is 4.90 Å². The molecule has 2 fully saturated rings. The Morgan fingerprint density at radius 3 is 2.83 bits per heavy atom. The second kappa shape index (κ2) is 6.30. The summed E-state index contributed by atoms with van der Waals surface area (Å²) in [6.45, 7) is 2.66. The highest BCUT2D eigenvalue weighted by molar-refractivity contribution is 7.89. The molecule has 23 heavy (non-hydrogen) atoms. The maximum Gasteiger partial charge on any atom is 0.410 e. The van der Waals surface area contributed by atoms with Gasteiger partial charge in [-0.05, 0) is 31.0 Å². The number of rotatable bonds is 5. The fraction of sp³-hybridized carbons (Fsp3) is 0.533. The molecule has 2 aliphatic heterocycles. The van der Waals surface area contributed by atoms with E-state index in [2.05, 4.69) is 0 Å². The minimum absolute atomic E-state index is 0.0584. The Hall–Kier alpha value is -1.31. The zero-order valence-electron chi connectivity index (χ0n) is 12.8. The van der Waals surface area contributed by atoms with E-state index in [1.165, 1.54) is 4.31 Å². The van der Waals surface area contributed by atoms with Crippen molar-refractivity contribution in [2.24, 2.45) is 0 Å². The Morgan fingerprint density at radius 1 is 1.35 bits per heavy atom. The molecule has 2 aliphatic rings. The molecule has 2 unspecified atom stereocenters. The van der Waals surface area contributed by atoms with Gasteiger partial charge in [-0.1, -0.05) is 23.7 Å². The van der Waals surface area contributed by atoms with Gasteiger partial charge in [0.2, 0.25) is 10.0 Å². The summed E-state index contributed by atoms with van der Waals surface area (Å²) in [4.78, 5) is 13.6. The van der Waals surface area contributed by atoms with Gasteiger partial charge < -0.3 is 4.74 Å². The van der Waals surface area contributed by atoms with Gasteiger partial charge in [0.25, 0.3) is 0 Å². The summed E-state index contributed by atoms with van der Waals surface area (Å²) in [5.41, 5.74) is 1.03. The smallest absolute Gasteiger partial charge is 0.410 e. The predicted octanol–water partition coefficient (Wildman–Crippen LogP) is 1.74. The number of amides is 1. The van der Waals surface area contributed by atoms with Crippen LogP contribution in [0.5, 0.6) is 0 Å². The summed E-state index contributed by atoms with van der Waals surface area (Å²) in [6, 6.07) is 7.28. The fourth-order valence-electron chi connectivity index (χ4n) is 3.08. The van der Waals surface area contributed by atoms with Crippen LogP contribution < -0.4 is 0 Å². The molecule has 2 saturated heterocycles. The van der Waals surface area contributed by atoms with Crippen molar-refractivity contribution in [3.63, 3.8) is 0 Å². The van der Waals surface area contributed by atoms with Crippen molar-refractivity contribution >= 4 is 27.7 Å². The van der Waals surface area contributed by atoms with Gasteiger partial charge in [0, 0.05) is 18.1 Å². The molecule has 0 bridgehead atoms. The van der Waals surface area contributed by atoms with E-state index in [1.807, 2.05) is 18.2 Å². The third kappa shape index (κ3) is 3.32. The number of hydrogen-bond donors (Lipinski definition) is 0. The van der Waals surface area contributed by atoms with Gasteiger partial charge in [-0.2, -0.15) is 4.31 Å². The summed E-state index contributed by atoms with van der Waals surface area (Å²) in [5.74, 6) is 0.0584. The van der Waals surface area contributed by atoms with E-state index in [1.54, 1.807) is 17.9 Å². The van der Waals surface area contributed by atoms with Crippen molar-refractivity contribution in [2.75, 3.05) is 25.4 Å². The van der Waals surface area contributed by atoms with Crippen molar-refractivity contribution in [3.05, 3.63) is 34.9 Å². The molecular formula is C15H19ClN2O4S. The van der Waals surface area contributed by atoms with Crippen LogP contribution in [0.15, 0.2) is 24.3 Å². The van der Waals surface area contributed by atoms with E-state index in [4.69, 9.17) is 16.3 Å². The summed E-state index contributed by atoms with van der Waals surface area (Å²) in [6.07, 6.45) is -0.0851. The van der Waals surface area contributed by atoms with E-state index >= 15 is 0 Å². The first-order valence-corrected chi connectivity index (χ1v) is 9.59. The molecule has 1 aromatic rings. The minimum atomic E-state index is -3.26. The molecule has 2 heterocycles. The monoisotopic (exact) mass is 358 g/mol. The van der Waals surface area contributed by atoms with Crippen LogP contribution >= 0.6 is 11.6 Å². The molecule has 1 aromatic carbocycles. The van der Waals surface area contributed by atoms with E-state index in [0.29, 0.717) is 24.5 Å². The van der Waals surface area contributed by atoms with Gasteiger partial charge in [-0.25, -0.2) is 13.2 Å². The van der Waals surface area contributed by atoms with Crippen molar-refractivity contribution in [1.82, 2.24) is 9.21 Å². The van der Waals surface area contributed by atoms with E-state index < -0.39 is 10.0 Å². The molecule has 6 nitrogen and oxygen atoms in total. The Bertz CT molecular complexity index is 709. The molecule has 2 atom stereocenters. The first-order valence-electron chi connectivity index (χ1n) is 7.60. The van der Waals surface area contributed by atoms with Gasteiger partial charge in [0.15, 0.2) is 0 Å². The lowest BCUT2D eigenvalue weighted by Gasteiger charge is -2.22. The maximum atomic E-state index is 12.0. The molecule has 126 valence electrons. The van der Waals surface area contributed by atoms with Gasteiger partial charge in [0.05, 0.1) is 18.3 Å². The molecule has 0 spiro atoms. The molecule has 0 radical (unpaired) electrons. The number of ether oxygens (including phenoxy) is 1. The summed E-state index contributed by atoms with van der Waals surface area (Å²) in [5, 5.41) is 0.658. The van der Waals surface area contributed by atoms with E-state index in [9.17, 15) is 13.2 Å². The van der Waals surface area contributed by atoms with Crippen molar-refractivity contribution in [2.45, 2.75) is 25.5 Å². The highest BCUT2D eigenvalue weighted by Gasteiger charge is 2.49. The molecule has 0 aromatic heterocycles. The highest BCUT2D eigenvalue weighted by atomic mass is 35.5. The number of hydrogen-bond acceptors (Lipinski definition) is 4. The van der Waals surface area contributed by atoms with Crippen LogP contribution in [0.2, 0.25) is 5.02 Å². The highest BCUT2D eigenvalue weighted by Crippen LogP contribution is 2.29. The quantitative estimate of drug-likeness (QED) is 0.804. The first-order chi connectivity index (χ1) is 10.9. The zero-order chi connectivity index (χ0) is 16.6. The van der Waals surface area contributed by atoms with Crippen LogP contribution in [-0.2, 0) is 21.2 Å². The number of carbonyl (C=O) groups is 1. The number of fused-ring (bicyclic) bond motifs is 1. The number of halogens is 1. The van der Waals surface area contributed by atoms with Gasteiger partial charge in [0.1, 0.15) is 6.10 Å². The first kappa shape index (κ1) is 16.5. The SMILES string of the molecule is CCS(=O)(=O)N1CC2OC(=O)N(CCc3cccc(Cl)c3)C2C1. The molecule has 0 saturated carbocycles. The summed E-state index contributed by atoms with van der Waals surface area (Å²) >= 11 is 5.96. The third-order valence-electron chi connectivity index (χ3n) is 4.38. The molecule has 8 heteroatoms. The topological polar surface area (TPSA) is 66.9 Å². The Balaban J connectivity index is 1.67. The van der Waals surface area contributed by atoms with Crippen molar-refractivity contribution < 1.29 is 17.9 Å². The molecule has 3 rings (SSSR count). The average Bonchev–Trinajstić information content (AvgIpc) is 3.03. The standard InChI is InChI=1S/C15H19ClN2O4S/c1-2-23(20,21)17-9-13-14(10-17)22-15(19)18(13)7-6-11-4-3-5-12(16)8-11/h3-5,8,13-14H,2,6-7,9-10H2,1H3. The predicted molar refractivity (Wildman–Crippen MR) is 87.0 cm³/mol. The van der Waals surface area contributed by atoms with E-state index in [0.717, 1.165) is 5.56 Å². The Labute approximate surface area is 141 Å². The average molecular weight is 359 g/mol. The van der Waals surface area contributed by atoms with Crippen molar-refractivity contribution in [3.8, 4) is 0 Å². The lowest BCUT2D eigenvalue weighted by atomic mass is 10.1.